The summed E-state index contributed by atoms with van der Waals surface area (Å²) in [6, 6.07) is 0. The maximum absolute atomic E-state index is 4.40. The molecule has 0 bridgehead atoms. The molecule has 1 aliphatic rings. The van der Waals surface area contributed by atoms with Gasteiger partial charge in [-0.3, -0.25) is 4.99 Å². The first kappa shape index (κ1) is 19.0. The lowest BCUT2D eigenvalue weighted by Crippen LogP contribution is -2.41. The molecule has 4 nitrogen and oxygen atoms in total. The third-order valence-electron chi connectivity index (χ3n) is 3.43. The zero-order valence-corrected chi connectivity index (χ0v) is 16.9. The number of thiazole rings is 1. The van der Waals surface area contributed by atoms with Gasteiger partial charge in [0.05, 0.1) is 0 Å². The van der Waals surface area contributed by atoms with E-state index in [1.165, 1.54) is 6.42 Å². The second-order valence-corrected chi connectivity index (χ2v) is 8.05. The van der Waals surface area contributed by atoms with Crippen molar-refractivity contribution in [1.82, 2.24) is 15.2 Å². The van der Waals surface area contributed by atoms with Crippen LogP contribution in [0.3, 0.4) is 0 Å². The lowest BCUT2D eigenvalue weighted by molar-refractivity contribution is 0.370. The molecular weight excluding hydrogens is 415 g/mol. The van der Waals surface area contributed by atoms with E-state index >= 15 is 0 Å². The molecule has 1 N–H and O–H groups in total. The molecular formula is C14H25IN4S2. The number of guanidine groups is 1. The van der Waals surface area contributed by atoms with Gasteiger partial charge in [-0.05, 0) is 18.3 Å². The van der Waals surface area contributed by atoms with Gasteiger partial charge in [0.15, 0.2) is 5.96 Å². The second kappa shape index (κ2) is 9.19. The summed E-state index contributed by atoms with van der Waals surface area (Å²) in [4.78, 5) is 11.0. The van der Waals surface area contributed by atoms with Gasteiger partial charge in [-0.2, -0.15) is 0 Å². The second-order valence-electron chi connectivity index (χ2n) is 5.81. The third kappa shape index (κ3) is 6.32. The highest BCUT2D eigenvalue weighted by Gasteiger charge is 2.30. The number of rotatable bonds is 5. The van der Waals surface area contributed by atoms with Crippen LogP contribution < -0.4 is 5.32 Å². The molecule has 0 saturated carbocycles. The number of likely N-dealkylation sites (tertiary alicyclic amines) is 1. The van der Waals surface area contributed by atoms with Crippen molar-refractivity contribution < 1.29 is 0 Å². The summed E-state index contributed by atoms with van der Waals surface area (Å²) in [7, 11) is 1.87. The van der Waals surface area contributed by atoms with Crippen molar-refractivity contribution in [1.29, 1.82) is 0 Å². The minimum Gasteiger partial charge on any atom is -0.356 e. The number of hydrogen-bond donors (Lipinski definition) is 1. The molecule has 0 amide bonds. The van der Waals surface area contributed by atoms with E-state index in [0.29, 0.717) is 5.41 Å². The summed E-state index contributed by atoms with van der Waals surface area (Å²) in [5.41, 5.74) is 0.415. The molecule has 21 heavy (non-hydrogen) atoms. The lowest BCUT2D eigenvalue weighted by atomic mass is 9.93. The average Bonchev–Trinajstić information content (AvgIpc) is 3.03. The first-order valence-corrected chi connectivity index (χ1v) is 8.95. The molecule has 0 atom stereocenters. The lowest BCUT2D eigenvalue weighted by Gasteiger charge is -2.23. The van der Waals surface area contributed by atoms with E-state index in [1.807, 2.05) is 30.4 Å². The van der Waals surface area contributed by atoms with Gasteiger partial charge in [0.25, 0.3) is 0 Å². The van der Waals surface area contributed by atoms with Crippen molar-refractivity contribution in [3.8, 4) is 0 Å². The van der Waals surface area contributed by atoms with E-state index in [2.05, 4.69) is 34.0 Å². The van der Waals surface area contributed by atoms with Crippen LogP contribution in [0.25, 0.3) is 0 Å². The van der Waals surface area contributed by atoms with Crippen LogP contribution in [0.1, 0.15) is 26.7 Å². The number of aliphatic imine (C=N–C) groups is 1. The molecule has 1 aromatic heterocycles. The summed E-state index contributed by atoms with van der Waals surface area (Å²) in [5, 5.41) is 5.50. The molecule has 1 saturated heterocycles. The first-order valence-electron chi connectivity index (χ1n) is 7.09. The highest BCUT2D eigenvalue weighted by molar-refractivity contribution is 14.0. The van der Waals surface area contributed by atoms with E-state index in [-0.39, 0.29) is 24.0 Å². The number of nitrogens with one attached hydrogen (secondary N) is 1. The molecule has 0 spiro atoms. The smallest absolute Gasteiger partial charge is 0.193 e. The SMILES string of the molecule is CN=C(NCCCSc1nccs1)N1CCC(C)(C)C1.I. The van der Waals surface area contributed by atoms with Gasteiger partial charge in [-0.15, -0.1) is 35.3 Å². The Balaban J connectivity index is 0.00000220. The van der Waals surface area contributed by atoms with Gasteiger partial charge in [0.2, 0.25) is 0 Å². The van der Waals surface area contributed by atoms with Gasteiger partial charge in [-0.25, -0.2) is 4.98 Å². The Morgan fingerprint density at radius 1 is 1.57 bits per heavy atom. The van der Waals surface area contributed by atoms with Crippen LogP contribution in [0.2, 0.25) is 0 Å². The summed E-state index contributed by atoms with van der Waals surface area (Å²) in [5.74, 6) is 2.15. The van der Waals surface area contributed by atoms with E-state index in [4.69, 9.17) is 0 Å². The van der Waals surface area contributed by atoms with Crippen LogP contribution >= 0.6 is 47.1 Å². The third-order valence-corrected chi connectivity index (χ3v) is 5.48. The fraction of sp³-hybridized carbons (Fsp3) is 0.714. The fourth-order valence-corrected chi connectivity index (χ4v) is 3.99. The molecule has 0 aromatic carbocycles. The number of halogens is 1. The van der Waals surface area contributed by atoms with Gasteiger partial charge < -0.3 is 10.2 Å². The maximum Gasteiger partial charge on any atom is 0.193 e. The van der Waals surface area contributed by atoms with Gasteiger partial charge in [0, 0.05) is 44.0 Å². The topological polar surface area (TPSA) is 40.5 Å². The molecule has 1 aliphatic heterocycles. The van der Waals surface area contributed by atoms with E-state index in [9.17, 15) is 0 Å². The van der Waals surface area contributed by atoms with Crippen molar-refractivity contribution in [3.63, 3.8) is 0 Å². The Labute approximate surface area is 153 Å². The van der Waals surface area contributed by atoms with Crippen molar-refractivity contribution in [2.75, 3.05) is 32.4 Å². The Bertz CT molecular complexity index is 434. The van der Waals surface area contributed by atoms with Gasteiger partial charge >= 0.3 is 0 Å². The van der Waals surface area contributed by atoms with Crippen LogP contribution in [0, 0.1) is 5.41 Å². The van der Waals surface area contributed by atoms with Crippen molar-refractivity contribution in [2.24, 2.45) is 10.4 Å². The zero-order valence-electron chi connectivity index (χ0n) is 13.0. The Hall–Kier alpha value is -0.0200. The van der Waals surface area contributed by atoms with Gasteiger partial charge in [0.1, 0.15) is 4.34 Å². The first-order chi connectivity index (χ1) is 9.61. The number of thioether (sulfide) groups is 1. The summed E-state index contributed by atoms with van der Waals surface area (Å²) in [6.07, 6.45) is 4.23. The van der Waals surface area contributed by atoms with Crippen LogP contribution in [-0.2, 0) is 0 Å². The quantitative estimate of drug-likeness (QED) is 0.250. The van der Waals surface area contributed by atoms with E-state index in [0.717, 1.165) is 42.1 Å². The molecule has 0 unspecified atom stereocenters. The number of aromatic nitrogens is 1. The molecule has 7 heteroatoms. The van der Waals surface area contributed by atoms with Crippen LogP contribution in [-0.4, -0.2) is 48.3 Å². The number of hydrogen-bond acceptors (Lipinski definition) is 4. The monoisotopic (exact) mass is 440 g/mol. The average molecular weight is 440 g/mol. The van der Waals surface area contributed by atoms with Crippen molar-refractivity contribution >= 4 is 53.0 Å². The minimum atomic E-state index is 0. The molecule has 1 aromatic rings. The largest absolute Gasteiger partial charge is 0.356 e. The summed E-state index contributed by atoms with van der Waals surface area (Å²) >= 11 is 3.54. The number of nitrogens with zero attached hydrogens (tertiary/aromatic N) is 3. The molecule has 120 valence electrons. The minimum absolute atomic E-state index is 0. The van der Waals surface area contributed by atoms with Crippen LogP contribution in [0.5, 0.6) is 0 Å². The molecule has 1 fully saturated rings. The van der Waals surface area contributed by atoms with Crippen molar-refractivity contribution in [3.05, 3.63) is 11.6 Å². The molecule has 2 heterocycles. The van der Waals surface area contributed by atoms with Crippen LogP contribution in [0.4, 0.5) is 0 Å². The van der Waals surface area contributed by atoms with E-state index in [1.54, 1.807) is 11.3 Å². The summed E-state index contributed by atoms with van der Waals surface area (Å²) < 4.78 is 1.16. The van der Waals surface area contributed by atoms with Crippen LogP contribution in [0.15, 0.2) is 20.9 Å². The highest BCUT2D eigenvalue weighted by atomic mass is 127. The Morgan fingerprint density at radius 2 is 2.38 bits per heavy atom. The van der Waals surface area contributed by atoms with Crippen molar-refractivity contribution in [2.45, 2.75) is 31.0 Å². The Kier molecular flexibility index (Phi) is 8.33. The standard InChI is InChI=1S/C14H24N4S2.HI/c1-14(2)5-8-18(11-14)12(15-3)16-6-4-9-19-13-17-7-10-20-13;/h7,10H,4-6,8-9,11H2,1-3H3,(H,15,16);1H. The summed E-state index contributed by atoms with van der Waals surface area (Å²) in [6.45, 7) is 7.83. The van der Waals surface area contributed by atoms with Gasteiger partial charge in [-0.1, -0.05) is 25.6 Å². The zero-order chi connectivity index (χ0) is 14.4. The molecule has 0 aliphatic carbocycles. The van der Waals surface area contributed by atoms with E-state index < -0.39 is 0 Å². The Morgan fingerprint density at radius 3 is 2.95 bits per heavy atom. The maximum atomic E-state index is 4.40. The highest BCUT2D eigenvalue weighted by Crippen LogP contribution is 2.28. The predicted molar refractivity (Wildman–Crippen MR) is 104 cm³/mol. The normalized spacial score (nSPS) is 17.7. The fourth-order valence-electron chi connectivity index (χ4n) is 2.34. The molecule has 0 radical (unpaired) electrons. The predicted octanol–water partition coefficient (Wildman–Crippen LogP) is 3.55. The molecule has 2 rings (SSSR count).